The molecule has 1 amide bonds. The summed E-state index contributed by atoms with van der Waals surface area (Å²) in [5.74, 6) is 0.444. The van der Waals surface area contributed by atoms with Gasteiger partial charge in [0.05, 0.1) is 11.9 Å². The molecule has 0 N–H and O–H groups in total. The largest absolute Gasteiger partial charge is 0.443 e. The van der Waals surface area contributed by atoms with Crippen LogP contribution in [-0.4, -0.2) is 41.3 Å². The van der Waals surface area contributed by atoms with Crippen LogP contribution in [0.4, 0.5) is 10.5 Å². The van der Waals surface area contributed by atoms with E-state index < -0.39 is 21.7 Å². The molecule has 24 heavy (non-hydrogen) atoms. The smallest absolute Gasteiger partial charge is 0.428 e. The van der Waals surface area contributed by atoms with E-state index in [0.717, 1.165) is 6.26 Å². The highest BCUT2D eigenvalue weighted by Gasteiger charge is 2.30. The van der Waals surface area contributed by atoms with Crippen molar-refractivity contribution >= 4 is 21.8 Å². The minimum Gasteiger partial charge on any atom is -0.443 e. The zero-order valence-electron chi connectivity index (χ0n) is 13.8. The van der Waals surface area contributed by atoms with Crippen LogP contribution in [0.25, 0.3) is 11.4 Å². The second kappa shape index (κ2) is 6.52. The third kappa shape index (κ3) is 4.48. The first kappa shape index (κ1) is 17.8. The van der Waals surface area contributed by atoms with E-state index in [1.165, 1.54) is 24.8 Å². The van der Waals surface area contributed by atoms with Gasteiger partial charge >= 0.3 is 6.09 Å². The molecule has 1 heterocycles. The van der Waals surface area contributed by atoms with E-state index in [1.54, 1.807) is 32.9 Å². The number of carbonyl (C=O) groups excluding carboxylic acids is 1. The normalized spacial score (nSPS) is 11.8. The van der Waals surface area contributed by atoms with Crippen LogP contribution in [-0.2, 0) is 14.8 Å². The van der Waals surface area contributed by atoms with E-state index in [4.69, 9.17) is 4.74 Å². The Kier molecular flexibility index (Phi) is 4.83. The molecular weight excluding hydrogens is 332 g/mol. The van der Waals surface area contributed by atoms with Crippen molar-refractivity contribution in [3.8, 4) is 11.4 Å². The highest BCUT2D eigenvalue weighted by molar-refractivity contribution is 7.92. The second-order valence-electron chi connectivity index (χ2n) is 6.02. The topological polar surface area (TPSA) is 102 Å². The summed E-state index contributed by atoms with van der Waals surface area (Å²) < 4.78 is 29.8. The fourth-order valence-corrected chi connectivity index (χ4v) is 2.68. The molecule has 2 aromatic rings. The number of hydrogen-bond acceptors (Lipinski definition) is 7. The van der Waals surface area contributed by atoms with Crippen LogP contribution in [0.3, 0.4) is 0 Å². The third-order valence-corrected chi connectivity index (χ3v) is 3.77. The standard InChI is InChI=1S/C15H18N4O4S/c1-15(2,3)23-14(20)19(24(4,21)22)12-7-5-11(6-8-12)13-17-9-16-10-18-13/h5-10H,1-4H3. The number of anilines is 1. The minimum atomic E-state index is -3.85. The molecule has 128 valence electrons. The Morgan fingerprint density at radius 2 is 1.62 bits per heavy atom. The van der Waals surface area contributed by atoms with E-state index in [2.05, 4.69) is 15.0 Å². The average Bonchev–Trinajstić information content (AvgIpc) is 2.45. The lowest BCUT2D eigenvalue weighted by Gasteiger charge is -2.25. The molecule has 1 aromatic carbocycles. The fraction of sp³-hybridized carbons (Fsp3) is 0.333. The summed E-state index contributed by atoms with van der Waals surface area (Å²) in [7, 11) is -3.85. The van der Waals surface area contributed by atoms with Crippen LogP contribution in [0.15, 0.2) is 36.9 Å². The van der Waals surface area contributed by atoms with Crippen molar-refractivity contribution < 1.29 is 17.9 Å². The molecule has 0 spiro atoms. The minimum absolute atomic E-state index is 0.171. The van der Waals surface area contributed by atoms with E-state index in [9.17, 15) is 13.2 Å². The monoisotopic (exact) mass is 350 g/mol. The summed E-state index contributed by atoms with van der Waals surface area (Å²) >= 11 is 0. The second-order valence-corrected chi connectivity index (χ2v) is 7.85. The molecule has 0 atom stereocenters. The van der Waals surface area contributed by atoms with Crippen molar-refractivity contribution in [3.63, 3.8) is 0 Å². The zero-order chi connectivity index (χ0) is 18.0. The number of carbonyl (C=O) groups is 1. The van der Waals surface area contributed by atoms with Gasteiger partial charge in [-0.3, -0.25) is 0 Å². The molecule has 0 aliphatic rings. The number of benzene rings is 1. The Morgan fingerprint density at radius 1 is 1.08 bits per heavy atom. The Balaban J connectivity index is 2.36. The summed E-state index contributed by atoms with van der Waals surface area (Å²) in [5.41, 5.74) is 0.0218. The maximum atomic E-state index is 12.3. The predicted molar refractivity (Wildman–Crippen MR) is 88.8 cm³/mol. The van der Waals surface area contributed by atoms with E-state index in [1.807, 2.05) is 0 Å². The van der Waals surface area contributed by atoms with Crippen LogP contribution in [0.1, 0.15) is 20.8 Å². The van der Waals surface area contributed by atoms with Gasteiger partial charge in [-0.15, -0.1) is 0 Å². The lowest BCUT2D eigenvalue weighted by molar-refractivity contribution is 0.0609. The molecule has 0 saturated heterocycles. The number of rotatable bonds is 3. The van der Waals surface area contributed by atoms with Crippen molar-refractivity contribution in [2.24, 2.45) is 0 Å². The summed E-state index contributed by atoms with van der Waals surface area (Å²) in [4.78, 5) is 24.0. The van der Waals surface area contributed by atoms with E-state index in [-0.39, 0.29) is 5.69 Å². The molecule has 0 unspecified atom stereocenters. The van der Waals surface area contributed by atoms with E-state index in [0.29, 0.717) is 15.7 Å². The Hall–Kier alpha value is -2.55. The number of ether oxygens (including phenoxy) is 1. The van der Waals surface area contributed by atoms with E-state index >= 15 is 0 Å². The third-order valence-electron chi connectivity index (χ3n) is 2.74. The molecule has 1 aromatic heterocycles. The van der Waals surface area contributed by atoms with Gasteiger partial charge in [-0.2, -0.15) is 4.31 Å². The fourth-order valence-electron chi connectivity index (χ4n) is 1.87. The first-order valence-corrected chi connectivity index (χ1v) is 8.88. The van der Waals surface area contributed by atoms with Gasteiger partial charge in [0.15, 0.2) is 5.82 Å². The summed E-state index contributed by atoms with van der Waals surface area (Å²) in [5, 5.41) is 0. The van der Waals surface area contributed by atoms with Crippen LogP contribution < -0.4 is 4.31 Å². The van der Waals surface area contributed by atoms with Gasteiger partial charge < -0.3 is 4.74 Å². The number of amides is 1. The number of aromatic nitrogens is 3. The van der Waals surface area contributed by atoms with Crippen molar-refractivity contribution in [1.82, 2.24) is 15.0 Å². The molecule has 0 aliphatic heterocycles. The molecule has 8 nitrogen and oxygen atoms in total. The van der Waals surface area contributed by atoms with Crippen LogP contribution in [0, 0.1) is 0 Å². The lowest BCUT2D eigenvalue weighted by atomic mass is 10.2. The van der Waals surface area contributed by atoms with Gasteiger partial charge in [0.1, 0.15) is 18.3 Å². The molecule has 0 bridgehead atoms. The van der Waals surface area contributed by atoms with Crippen molar-refractivity contribution in [2.45, 2.75) is 26.4 Å². The molecule has 0 saturated carbocycles. The zero-order valence-corrected chi connectivity index (χ0v) is 14.6. The first-order chi connectivity index (χ1) is 11.1. The van der Waals surface area contributed by atoms with Gasteiger partial charge in [-0.25, -0.2) is 28.2 Å². The predicted octanol–water partition coefficient (Wildman–Crippen LogP) is 2.24. The van der Waals surface area contributed by atoms with Crippen molar-refractivity contribution in [1.29, 1.82) is 0 Å². The Labute approximate surface area is 140 Å². The molecule has 0 radical (unpaired) electrons. The lowest BCUT2D eigenvalue weighted by Crippen LogP contribution is -2.40. The van der Waals surface area contributed by atoms with Crippen LogP contribution in [0.5, 0.6) is 0 Å². The maximum Gasteiger partial charge on any atom is 0.428 e. The first-order valence-electron chi connectivity index (χ1n) is 7.04. The van der Waals surface area contributed by atoms with Crippen LogP contribution >= 0.6 is 0 Å². The molecule has 2 rings (SSSR count). The summed E-state index contributed by atoms with van der Waals surface area (Å²) in [6, 6.07) is 6.22. The Morgan fingerprint density at radius 3 is 2.08 bits per heavy atom. The van der Waals surface area contributed by atoms with Gasteiger partial charge in [0.2, 0.25) is 10.0 Å². The SMILES string of the molecule is CC(C)(C)OC(=O)N(c1ccc(-c2ncncn2)cc1)S(C)(=O)=O. The van der Waals surface area contributed by atoms with Crippen LogP contribution in [0.2, 0.25) is 0 Å². The molecule has 9 heteroatoms. The van der Waals surface area contributed by atoms with Gasteiger partial charge in [-0.1, -0.05) is 0 Å². The average molecular weight is 350 g/mol. The summed E-state index contributed by atoms with van der Waals surface area (Å²) in [6.07, 6.45) is 2.70. The molecule has 0 aliphatic carbocycles. The molecular formula is C15H18N4O4S. The Bertz CT molecular complexity index is 815. The highest BCUT2D eigenvalue weighted by atomic mass is 32.2. The summed E-state index contributed by atoms with van der Waals surface area (Å²) in [6.45, 7) is 4.99. The number of nitrogens with zero attached hydrogens (tertiary/aromatic N) is 4. The maximum absolute atomic E-state index is 12.3. The van der Waals surface area contributed by atoms with Crippen molar-refractivity contribution in [2.75, 3.05) is 10.6 Å². The quantitative estimate of drug-likeness (QED) is 0.836. The number of hydrogen-bond donors (Lipinski definition) is 0. The molecule has 0 fully saturated rings. The highest BCUT2D eigenvalue weighted by Crippen LogP contribution is 2.24. The van der Waals surface area contributed by atoms with Crippen molar-refractivity contribution in [3.05, 3.63) is 36.9 Å². The van der Waals surface area contributed by atoms with Gasteiger partial charge in [0.25, 0.3) is 0 Å². The van der Waals surface area contributed by atoms with Gasteiger partial charge in [0, 0.05) is 5.56 Å². The number of sulfonamides is 1. The van der Waals surface area contributed by atoms with Gasteiger partial charge in [-0.05, 0) is 45.0 Å².